The number of rotatable bonds is 5. The first kappa shape index (κ1) is 17.4. The molecule has 0 aliphatic carbocycles. The Hall–Kier alpha value is -1.62. The van der Waals surface area contributed by atoms with Crippen LogP contribution in [-0.2, 0) is 4.74 Å². The fraction of sp³-hybridized carbons (Fsp3) is 0.562. The van der Waals surface area contributed by atoms with Crippen molar-refractivity contribution >= 4 is 6.09 Å². The van der Waals surface area contributed by atoms with Crippen LogP contribution in [0.1, 0.15) is 46.2 Å². The van der Waals surface area contributed by atoms with Gasteiger partial charge in [0.15, 0.2) is 0 Å². The average molecular weight is 296 g/mol. The molecular formula is C16H25FN2O2. The molecule has 1 amide bonds. The Morgan fingerprint density at radius 3 is 2.48 bits per heavy atom. The van der Waals surface area contributed by atoms with Gasteiger partial charge >= 0.3 is 6.09 Å². The smallest absolute Gasteiger partial charge is 0.407 e. The predicted molar refractivity (Wildman–Crippen MR) is 81.6 cm³/mol. The topological polar surface area (TPSA) is 50.4 Å². The van der Waals surface area contributed by atoms with Crippen LogP contribution in [0, 0.1) is 5.82 Å². The van der Waals surface area contributed by atoms with Gasteiger partial charge in [-0.2, -0.15) is 0 Å². The van der Waals surface area contributed by atoms with Crippen molar-refractivity contribution in [3.63, 3.8) is 0 Å². The molecule has 0 bridgehead atoms. The molecule has 1 rings (SSSR count). The summed E-state index contributed by atoms with van der Waals surface area (Å²) in [5.41, 5.74) is 0.0968. The minimum absolute atomic E-state index is 0.117. The van der Waals surface area contributed by atoms with E-state index in [1.54, 1.807) is 18.2 Å². The van der Waals surface area contributed by atoms with Crippen molar-refractivity contribution in [1.82, 2.24) is 10.6 Å². The molecule has 21 heavy (non-hydrogen) atoms. The summed E-state index contributed by atoms with van der Waals surface area (Å²) in [6, 6.07) is 6.41. The standard InChI is InChI=1S/C16H25FN2O2/c1-11(19-15(20)21-16(3,4)5)10-18-12(2)13-8-6-7-9-14(13)17/h6-9,11-12,18H,10H2,1-5H3,(H,19,20). The number of hydrogen-bond acceptors (Lipinski definition) is 3. The molecule has 118 valence electrons. The van der Waals surface area contributed by atoms with Gasteiger partial charge in [-0.15, -0.1) is 0 Å². The van der Waals surface area contributed by atoms with Crippen molar-refractivity contribution in [2.24, 2.45) is 0 Å². The maximum Gasteiger partial charge on any atom is 0.407 e. The van der Waals surface area contributed by atoms with Gasteiger partial charge in [0.05, 0.1) is 0 Å². The lowest BCUT2D eigenvalue weighted by Crippen LogP contribution is -2.43. The fourth-order valence-electron chi connectivity index (χ4n) is 1.85. The van der Waals surface area contributed by atoms with Crippen molar-refractivity contribution in [3.8, 4) is 0 Å². The van der Waals surface area contributed by atoms with Crippen molar-refractivity contribution in [2.75, 3.05) is 6.54 Å². The number of ether oxygens (including phenoxy) is 1. The molecule has 0 saturated carbocycles. The number of hydrogen-bond donors (Lipinski definition) is 2. The van der Waals surface area contributed by atoms with E-state index < -0.39 is 11.7 Å². The van der Waals surface area contributed by atoms with E-state index in [0.29, 0.717) is 12.1 Å². The SMILES string of the molecule is CC(CNC(C)c1ccccc1F)NC(=O)OC(C)(C)C. The van der Waals surface area contributed by atoms with Crippen LogP contribution >= 0.6 is 0 Å². The van der Waals surface area contributed by atoms with Gasteiger partial charge in [-0.1, -0.05) is 18.2 Å². The molecule has 0 aromatic heterocycles. The van der Waals surface area contributed by atoms with Crippen LogP contribution in [0.3, 0.4) is 0 Å². The molecule has 0 fully saturated rings. The molecule has 2 N–H and O–H groups in total. The average Bonchev–Trinajstić information content (AvgIpc) is 2.34. The molecular weight excluding hydrogens is 271 g/mol. The van der Waals surface area contributed by atoms with Crippen molar-refractivity contribution in [3.05, 3.63) is 35.6 Å². The van der Waals surface area contributed by atoms with E-state index in [1.165, 1.54) is 6.07 Å². The summed E-state index contributed by atoms with van der Waals surface area (Å²) in [6.45, 7) is 9.72. The first-order chi connectivity index (χ1) is 9.69. The van der Waals surface area contributed by atoms with Gasteiger partial charge in [-0.25, -0.2) is 9.18 Å². The van der Waals surface area contributed by atoms with Gasteiger partial charge in [0.1, 0.15) is 11.4 Å². The third kappa shape index (κ3) is 6.58. The summed E-state index contributed by atoms with van der Waals surface area (Å²) in [5, 5.41) is 5.94. The maximum atomic E-state index is 13.6. The zero-order valence-corrected chi connectivity index (χ0v) is 13.4. The Morgan fingerprint density at radius 2 is 1.90 bits per heavy atom. The molecule has 4 nitrogen and oxygen atoms in total. The summed E-state index contributed by atoms with van der Waals surface area (Å²) < 4.78 is 18.8. The quantitative estimate of drug-likeness (QED) is 0.875. The van der Waals surface area contributed by atoms with Crippen LogP contribution in [0.25, 0.3) is 0 Å². The summed E-state index contributed by atoms with van der Waals surface area (Å²) in [5.74, 6) is -0.231. The summed E-state index contributed by atoms with van der Waals surface area (Å²) in [4.78, 5) is 11.6. The highest BCUT2D eigenvalue weighted by Gasteiger charge is 2.18. The van der Waals surface area contributed by atoms with Crippen LogP contribution in [-0.4, -0.2) is 24.3 Å². The lowest BCUT2D eigenvalue weighted by atomic mass is 10.1. The minimum Gasteiger partial charge on any atom is -0.444 e. The first-order valence-electron chi connectivity index (χ1n) is 7.16. The molecule has 0 aliphatic heterocycles. The van der Waals surface area contributed by atoms with E-state index in [0.717, 1.165) is 0 Å². The van der Waals surface area contributed by atoms with E-state index in [4.69, 9.17) is 4.74 Å². The Morgan fingerprint density at radius 1 is 1.29 bits per heavy atom. The largest absolute Gasteiger partial charge is 0.444 e. The zero-order chi connectivity index (χ0) is 16.0. The number of carbonyl (C=O) groups excluding carboxylic acids is 1. The van der Waals surface area contributed by atoms with E-state index in [9.17, 15) is 9.18 Å². The second-order valence-corrected chi connectivity index (χ2v) is 6.20. The van der Waals surface area contributed by atoms with Crippen LogP contribution in [0.4, 0.5) is 9.18 Å². The number of nitrogens with one attached hydrogen (secondary N) is 2. The van der Waals surface area contributed by atoms with Gasteiger partial charge < -0.3 is 15.4 Å². The number of amides is 1. The van der Waals surface area contributed by atoms with Crippen molar-refractivity contribution in [2.45, 2.75) is 52.3 Å². The highest BCUT2D eigenvalue weighted by molar-refractivity contribution is 5.68. The maximum absolute atomic E-state index is 13.6. The number of benzene rings is 1. The molecule has 0 aliphatic rings. The van der Waals surface area contributed by atoms with Gasteiger partial charge in [0.2, 0.25) is 0 Å². The normalized spacial score (nSPS) is 14.4. The van der Waals surface area contributed by atoms with Gasteiger partial charge in [-0.05, 0) is 40.7 Å². The molecule has 0 heterocycles. The first-order valence-corrected chi connectivity index (χ1v) is 7.16. The van der Waals surface area contributed by atoms with Gasteiger partial charge in [0, 0.05) is 24.2 Å². The molecule has 1 aromatic carbocycles. The Labute approximate surface area is 126 Å². The van der Waals surface area contributed by atoms with E-state index in [1.807, 2.05) is 34.6 Å². The molecule has 0 saturated heterocycles. The van der Waals surface area contributed by atoms with Crippen LogP contribution in [0.15, 0.2) is 24.3 Å². The highest BCUT2D eigenvalue weighted by atomic mass is 19.1. The summed E-state index contributed by atoms with van der Waals surface area (Å²) in [6.07, 6.45) is -0.449. The second-order valence-electron chi connectivity index (χ2n) is 6.20. The Balaban J connectivity index is 2.41. The molecule has 0 spiro atoms. The number of carbonyl (C=O) groups is 1. The van der Waals surface area contributed by atoms with E-state index >= 15 is 0 Å². The van der Waals surface area contributed by atoms with Crippen LogP contribution < -0.4 is 10.6 Å². The van der Waals surface area contributed by atoms with E-state index in [2.05, 4.69) is 10.6 Å². The van der Waals surface area contributed by atoms with Gasteiger partial charge in [-0.3, -0.25) is 0 Å². The fourth-order valence-corrected chi connectivity index (χ4v) is 1.85. The lowest BCUT2D eigenvalue weighted by molar-refractivity contribution is 0.0507. The molecule has 2 unspecified atom stereocenters. The monoisotopic (exact) mass is 296 g/mol. The van der Waals surface area contributed by atoms with E-state index in [-0.39, 0.29) is 17.9 Å². The highest BCUT2D eigenvalue weighted by Crippen LogP contribution is 2.15. The Kier molecular flexibility index (Phi) is 6.15. The van der Waals surface area contributed by atoms with Crippen LogP contribution in [0.2, 0.25) is 0 Å². The molecule has 1 aromatic rings. The van der Waals surface area contributed by atoms with Crippen molar-refractivity contribution < 1.29 is 13.9 Å². The van der Waals surface area contributed by atoms with Crippen molar-refractivity contribution in [1.29, 1.82) is 0 Å². The summed E-state index contributed by atoms with van der Waals surface area (Å²) in [7, 11) is 0. The number of halogens is 1. The predicted octanol–water partition coefficient (Wildman–Crippen LogP) is 3.39. The minimum atomic E-state index is -0.516. The Bertz CT molecular complexity index is 472. The van der Waals surface area contributed by atoms with Crippen LogP contribution in [0.5, 0.6) is 0 Å². The lowest BCUT2D eigenvalue weighted by Gasteiger charge is -2.23. The van der Waals surface area contributed by atoms with Gasteiger partial charge in [0.25, 0.3) is 0 Å². The third-order valence-electron chi connectivity index (χ3n) is 2.87. The molecule has 0 radical (unpaired) electrons. The number of alkyl carbamates (subject to hydrolysis) is 1. The third-order valence-corrected chi connectivity index (χ3v) is 2.87. The second kappa shape index (κ2) is 7.41. The molecule has 5 heteroatoms. The zero-order valence-electron chi connectivity index (χ0n) is 13.4. The summed E-state index contributed by atoms with van der Waals surface area (Å²) >= 11 is 0. The molecule has 2 atom stereocenters.